The van der Waals surface area contributed by atoms with Gasteiger partial charge in [0, 0.05) is 13.8 Å². The molecule has 3 aliphatic carbocycles. The van der Waals surface area contributed by atoms with Gasteiger partial charge in [0.15, 0.2) is 24.6 Å². The molecule has 1 heterocycles. The van der Waals surface area contributed by atoms with Crippen LogP contribution < -0.4 is 0 Å². The van der Waals surface area contributed by atoms with Crippen molar-refractivity contribution in [3.05, 3.63) is 29.3 Å². The molecular weight excluding hydrogens is 592 g/mol. The summed E-state index contributed by atoms with van der Waals surface area (Å²) in [5, 5.41) is 10.0. The Morgan fingerprint density at radius 2 is 1.62 bits per heavy atom. The Balaban J connectivity index is 1.43. The molecule has 3 fully saturated rings. The lowest BCUT2D eigenvalue weighted by molar-refractivity contribution is -0.321. The van der Waals surface area contributed by atoms with Crippen LogP contribution in [0.4, 0.5) is 9.59 Å². The van der Waals surface area contributed by atoms with Crippen LogP contribution in [0.5, 0.6) is 5.75 Å². The molecule has 0 amide bonds. The van der Waals surface area contributed by atoms with Crippen LogP contribution in [0.25, 0.3) is 0 Å². The fourth-order valence-corrected chi connectivity index (χ4v) is 8.14. The van der Waals surface area contributed by atoms with Gasteiger partial charge >= 0.3 is 24.2 Å². The molecule has 4 unspecified atom stereocenters. The maximum absolute atomic E-state index is 12.4. The highest BCUT2D eigenvalue weighted by Crippen LogP contribution is 2.62. The van der Waals surface area contributed by atoms with E-state index >= 15 is 0 Å². The molecule has 4 aliphatic rings. The van der Waals surface area contributed by atoms with E-state index in [4.69, 9.17) is 37.9 Å². The van der Waals surface area contributed by atoms with Crippen molar-refractivity contribution in [1.82, 2.24) is 0 Å². The van der Waals surface area contributed by atoms with E-state index in [9.17, 15) is 24.3 Å². The van der Waals surface area contributed by atoms with Crippen molar-refractivity contribution in [2.45, 2.75) is 102 Å². The smallest absolute Gasteiger partial charge is 0.508 e. The Hall–Kier alpha value is -3.58. The van der Waals surface area contributed by atoms with Gasteiger partial charge in [-0.2, -0.15) is 0 Å². The molecule has 2 saturated carbocycles. The number of benzene rings is 1. The fraction of sp³-hybridized carbons (Fsp3) is 0.688. The molecule has 0 aromatic heterocycles. The standard InChI is InChI=1S/C32H42O13/c1-16(33)40-15-24-26(41-17(2)34)27(44-30(36)38-4)28(45-31(37)39-5)29(42-24)43-25-11-10-23-22-8-6-18-14-19(35)7-9-20(18)21(22)12-13-32(23,25)3/h7,9,14,21-29,35H,6,8,10-13,15H2,1-5H3/t21-,22-,23+,24?,25+,26?,27?,28?,29-,32+/m1/s1. The number of aromatic hydroxyl groups is 1. The van der Waals surface area contributed by atoms with Crippen LogP contribution in [0.2, 0.25) is 0 Å². The van der Waals surface area contributed by atoms with Crippen molar-refractivity contribution in [3.63, 3.8) is 0 Å². The van der Waals surface area contributed by atoms with Crippen LogP contribution in [0.1, 0.15) is 69.9 Å². The lowest BCUT2D eigenvalue weighted by atomic mass is 9.55. The summed E-state index contributed by atoms with van der Waals surface area (Å²) < 4.78 is 44.1. The number of fused-ring (bicyclic) bond motifs is 5. The summed E-state index contributed by atoms with van der Waals surface area (Å²) in [5.74, 6) is 0.115. The van der Waals surface area contributed by atoms with Crippen molar-refractivity contribution >= 4 is 24.2 Å². The lowest BCUT2D eigenvalue weighted by Gasteiger charge is -2.51. The molecule has 1 aliphatic heterocycles. The third-order valence-electron chi connectivity index (χ3n) is 10.1. The van der Waals surface area contributed by atoms with Gasteiger partial charge in [-0.1, -0.05) is 13.0 Å². The number of hydrogen-bond donors (Lipinski definition) is 1. The number of phenolic OH excluding ortho intramolecular Hbond substituents is 1. The number of ether oxygens (including phenoxy) is 8. The zero-order valence-corrected chi connectivity index (χ0v) is 26.2. The van der Waals surface area contributed by atoms with E-state index in [1.165, 1.54) is 18.1 Å². The monoisotopic (exact) mass is 634 g/mol. The van der Waals surface area contributed by atoms with Gasteiger partial charge in [-0.25, -0.2) is 9.59 Å². The Bertz CT molecular complexity index is 1280. The Kier molecular flexibility index (Phi) is 9.78. The van der Waals surface area contributed by atoms with Gasteiger partial charge < -0.3 is 43.0 Å². The van der Waals surface area contributed by atoms with Gasteiger partial charge in [-0.3, -0.25) is 9.59 Å². The van der Waals surface area contributed by atoms with Crippen LogP contribution in [-0.2, 0) is 53.9 Å². The van der Waals surface area contributed by atoms with Crippen molar-refractivity contribution in [1.29, 1.82) is 0 Å². The number of carbonyl (C=O) groups is 4. The molecule has 1 saturated heterocycles. The van der Waals surface area contributed by atoms with Gasteiger partial charge in [0.05, 0.1) is 20.3 Å². The summed E-state index contributed by atoms with van der Waals surface area (Å²) in [6.07, 6.45) is -3.88. The van der Waals surface area contributed by atoms with E-state index in [1.807, 2.05) is 6.07 Å². The number of esters is 2. The maximum atomic E-state index is 12.4. The van der Waals surface area contributed by atoms with Crippen LogP contribution in [-0.4, -0.2) is 87.0 Å². The molecule has 1 aromatic rings. The van der Waals surface area contributed by atoms with Gasteiger partial charge in [0.1, 0.15) is 18.5 Å². The first-order chi connectivity index (χ1) is 21.4. The van der Waals surface area contributed by atoms with Crippen LogP contribution in [0, 0.1) is 17.3 Å². The van der Waals surface area contributed by atoms with Crippen LogP contribution in [0.3, 0.4) is 0 Å². The molecular formula is C32H42O13. The van der Waals surface area contributed by atoms with Gasteiger partial charge in [-0.15, -0.1) is 0 Å². The highest BCUT2D eigenvalue weighted by atomic mass is 16.8. The summed E-state index contributed by atoms with van der Waals surface area (Å²) in [4.78, 5) is 48.7. The van der Waals surface area contributed by atoms with Gasteiger partial charge in [0.2, 0.25) is 0 Å². The van der Waals surface area contributed by atoms with Crippen molar-refractivity contribution < 1.29 is 62.2 Å². The van der Waals surface area contributed by atoms with Crippen LogP contribution >= 0.6 is 0 Å². The first-order valence-electron chi connectivity index (χ1n) is 15.4. The second kappa shape index (κ2) is 13.4. The Morgan fingerprint density at radius 3 is 2.29 bits per heavy atom. The zero-order valence-electron chi connectivity index (χ0n) is 26.2. The highest BCUT2D eigenvalue weighted by Gasteiger charge is 2.59. The molecule has 13 nitrogen and oxygen atoms in total. The second-order valence-electron chi connectivity index (χ2n) is 12.5. The minimum Gasteiger partial charge on any atom is -0.508 e. The maximum Gasteiger partial charge on any atom is 0.508 e. The van der Waals surface area contributed by atoms with Crippen molar-refractivity contribution in [3.8, 4) is 5.75 Å². The van der Waals surface area contributed by atoms with E-state index in [2.05, 4.69) is 13.0 Å². The molecule has 45 heavy (non-hydrogen) atoms. The lowest BCUT2D eigenvalue weighted by Crippen LogP contribution is -2.64. The highest BCUT2D eigenvalue weighted by molar-refractivity contribution is 5.67. The molecule has 1 aromatic carbocycles. The Labute approximate surface area is 261 Å². The van der Waals surface area contributed by atoms with Crippen LogP contribution in [0.15, 0.2) is 18.2 Å². The minimum absolute atomic E-state index is 0.244. The van der Waals surface area contributed by atoms with Crippen molar-refractivity contribution in [2.75, 3.05) is 20.8 Å². The van der Waals surface area contributed by atoms with E-state index in [1.54, 1.807) is 6.07 Å². The SMILES string of the molecule is COC(=O)OC1C(OC(C)=O)C(COC(C)=O)O[C@H](O[C@H]2CC[C@H]3[C@@H]4CCc5cc(O)ccc5[C@H]4CC[C@]23C)C1OC(=O)OC. The predicted molar refractivity (Wildman–Crippen MR) is 153 cm³/mol. The molecule has 5 rings (SSSR count). The second-order valence-corrected chi connectivity index (χ2v) is 12.5. The molecule has 13 heteroatoms. The third kappa shape index (κ3) is 6.69. The molecule has 1 N–H and O–H groups in total. The quantitative estimate of drug-likeness (QED) is 0.336. The summed E-state index contributed by atoms with van der Waals surface area (Å²) in [6.45, 7) is 4.23. The van der Waals surface area contributed by atoms with E-state index in [0.717, 1.165) is 53.2 Å². The fourth-order valence-electron chi connectivity index (χ4n) is 8.14. The molecule has 0 bridgehead atoms. The predicted octanol–water partition coefficient (Wildman–Crippen LogP) is 4.16. The first-order valence-corrected chi connectivity index (χ1v) is 15.4. The first kappa shape index (κ1) is 32.8. The normalized spacial score (nSPS) is 35.1. The molecule has 10 atom stereocenters. The van der Waals surface area contributed by atoms with E-state index < -0.39 is 55.0 Å². The van der Waals surface area contributed by atoms with Gasteiger partial charge in [0.25, 0.3) is 0 Å². The largest absolute Gasteiger partial charge is 0.508 e. The number of aryl methyl sites for hydroxylation is 1. The summed E-state index contributed by atoms with van der Waals surface area (Å²) in [6, 6.07) is 5.70. The average molecular weight is 635 g/mol. The van der Waals surface area contributed by atoms with E-state index in [0.29, 0.717) is 24.2 Å². The number of methoxy groups -OCH3 is 2. The van der Waals surface area contributed by atoms with E-state index in [-0.39, 0.29) is 23.9 Å². The number of phenols is 1. The third-order valence-corrected chi connectivity index (χ3v) is 10.1. The Morgan fingerprint density at radius 1 is 0.911 bits per heavy atom. The zero-order chi connectivity index (χ0) is 32.5. The minimum atomic E-state index is -1.45. The summed E-state index contributed by atoms with van der Waals surface area (Å²) in [5.41, 5.74) is 2.28. The number of carbonyl (C=O) groups excluding carboxylic acids is 4. The summed E-state index contributed by atoms with van der Waals surface area (Å²) >= 11 is 0. The average Bonchev–Trinajstić information content (AvgIpc) is 3.33. The molecule has 248 valence electrons. The summed E-state index contributed by atoms with van der Waals surface area (Å²) in [7, 11) is 2.22. The topological polar surface area (TPSA) is 162 Å². The number of hydrogen-bond acceptors (Lipinski definition) is 13. The molecule has 0 radical (unpaired) electrons. The van der Waals surface area contributed by atoms with Crippen molar-refractivity contribution in [2.24, 2.45) is 17.3 Å². The van der Waals surface area contributed by atoms with Gasteiger partial charge in [-0.05, 0) is 85.0 Å². The molecule has 0 spiro atoms. The number of rotatable bonds is 7.